The summed E-state index contributed by atoms with van der Waals surface area (Å²) in [6.45, 7) is 2.01. The van der Waals surface area contributed by atoms with E-state index in [4.69, 9.17) is 5.11 Å². The van der Waals surface area contributed by atoms with Crippen LogP contribution in [0.5, 0.6) is 0 Å². The molecule has 0 saturated carbocycles. The van der Waals surface area contributed by atoms with Crippen LogP contribution in [0.2, 0.25) is 0 Å². The molecule has 0 heterocycles. The van der Waals surface area contributed by atoms with E-state index in [0.29, 0.717) is 6.54 Å². The normalized spacial score (nSPS) is 11.8. The van der Waals surface area contributed by atoms with E-state index >= 15 is 0 Å². The van der Waals surface area contributed by atoms with Gasteiger partial charge in [0.15, 0.2) is 0 Å². The molecule has 1 aromatic carbocycles. The first-order valence-corrected chi connectivity index (χ1v) is 5.83. The molecule has 0 aliphatic carbocycles. The SMILES string of the molecule is CNC(=O)C(C)CN(C)c1cccc(F)c1C(=O)O. The molecule has 0 saturated heterocycles. The van der Waals surface area contributed by atoms with Crippen molar-refractivity contribution in [3.8, 4) is 0 Å². The summed E-state index contributed by atoms with van der Waals surface area (Å²) >= 11 is 0. The molecule has 0 aliphatic rings. The first-order valence-electron chi connectivity index (χ1n) is 5.83. The second-order valence-corrected chi connectivity index (χ2v) is 4.33. The highest BCUT2D eigenvalue weighted by Gasteiger charge is 2.21. The molecule has 0 aliphatic heterocycles. The van der Waals surface area contributed by atoms with Crippen molar-refractivity contribution in [2.24, 2.45) is 5.92 Å². The zero-order valence-corrected chi connectivity index (χ0v) is 11.1. The monoisotopic (exact) mass is 268 g/mol. The molecule has 6 heteroatoms. The molecule has 0 spiro atoms. The van der Waals surface area contributed by atoms with Gasteiger partial charge in [-0.15, -0.1) is 0 Å². The number of carbonyl (C=O) groups is 2. The van der Waals surface area contributed by atoms with Gasteiger partial charge in [-0.25, -0.2) is 9.18 Å². The Balaban J connectivity index is 3.00. The van der Waals surface area contributed by atoms with Crippen LogP contribution in [0, 0.1) is 11.7 Å². The summed E-state index contributed by atoms with van der Waals surface area (Å²) in [5.74, 6) is -2.60. The number of nitrogens with zero attached hydrogens (tertiary/aromatic N) is 1. The number of nitrogens with one attached hydrogen (secondary N) is 1. The number of hydrogen-bond acceptors (Lipinski definition) is 3. The Bertz CT molecular complexity index is 491. The minimum atomic E-state index is -1.33. The topological polar surface area (TPSA) is 69.6 Å². The Morgan fingerprint density at radius 3 is 2.63 bits per heavy atom. The summed E-state index contributed by atoms with van der Waals surface area (Å²) in [7, 11) is 3.16. The summed E-state index contributed by atoms with van der Waals surface area (Å²) in [5, 5.41) is 11.6. The molecular formula is C13H17FN2O3. The standard InChI is InChI=1S/C13H17FN2O3/c1-8(12(17)15-2)7-16(3)10-6-4-5-9(14)11(10)13(18)19/h4-6,8H,7H2,1-3H3,(H,15,17)(H,18,19). The van der Waals surface area contributed by atoms with Crippen molar-refractivity contribution in [2.75, 3.05) is 25.5 Å². The average Bonchev–Trinajstić information content (AvgIpc) is 2.36. The van der Waals surface area contributed by atoms with Crippen molar-refractivity contribution in [2.45, 2.75) is 6.92 Å². The van der Waals surface area contributed by atoms with Gasteiger partial charge < -0.3 is 15.3 Å². The fraction of sp³-hybridized carbons (Fsp3) is 0.385. The summed E-state index contributed by atoms with van der Waals surface area (Å²) < 4.78 is 13.5. The molecule has 19 heavy (non-hydrogen) atoms. The number of benzene rings is 1. The van der Waals surface area contributed by atoms with Crippen molar-refractivity contribution in [1.82, 2.24) is 5.32 Å². The fourth-order valence-electron chi connectivity index (χ4n) is 1.88. The average molecular weight is 268 g/mol. The highest BCUT2D eigenvalue weighted by atomic mass is 19.1. The second-order valence-electron chi connectivity index (χ2n) is 4.33. The number of amides is 1. The molecule has 2 N–H and O–H groups in total. The smallest absolute Gasteiger partial charge is 0.340 e. The number of carboxylic acid groups (broad SMARTS) is 1. The summed E-state index contributed by atoms with van der Waals surface area (Å²) in [6, 6.07) is 4.06. The van der Waals surface area contributed by atoms with E-state index in [1.807, 2.05) is 0 Å². The van der Waals surface area contributed by atoms with Gasteiger partial charge in [-0.05, 0) is 12.1 Å². The van der Waals surface area contributed by atoms with Crippen LogP contribution in [-0.4, -0.2) is 37.6 Å². The van der Waals surface area contributed by atoms with Crippen molar-refractivity contribution < 1.29 is 19.1 Å². The van der Waals surface area contributed by atoms with Gasteiger partial charge in [0.05, 0.1) is 11.6 Å². The van der Waals surface area contributed by atoms with Crippen LogP contribution in [0.1, 0.15) is 17.3 Å². The summed E-state index contributed by atoms with van der Waals surface area (Å²) in [6.07, 6.45) is 0. The van der Waals surface area contributed by atoms with Gasteiger partial charge in [-0.2, -0.15) is 0 Å². The number of carboxylic acids is 1. The second kappa shape index (κ2) is 6.17. The van der Waals surface area contributed by atoms with Gasteiger partial charge in [-0.3, -0.25) is 4.79 Å². The maximum atomic E-state index is 13.5. The molecule has 0 aromatic heterocycles. The highest BCUT2D eigenvalue weighted by Crippen LogP contribution is 2.23. The molecule has 0 bridgehead atoms. The summed E-state index contributed by atoms with van der Waals surface area (Å²) in [4.78, 5) is 24.1. The van der Waals surface area contributed by atoms with Crippen LogP contribution in [-0.2, 0) is 4.79 Å². The number of anilines is 1. The number of rotatable bonds is 5. The minimum absolute atomic E-state index is 0.153. The quantitative estimate of drug-likeness (QED) is 0.845. The highest BCUT2D eigenvalue weighted by molar-refractivity contribution is 5.94. The van der Waals surface area contributed by atoms with Crippen LogP contribution in [0.4, 0.5) is 10.1 Å². The van der Waals surface area contributed by atoms with E-state index in [1.54, 1.807) is 18.9 Å². The predicted octanol–water partition coefficient (Wildman–Crippen LogP) is 1.34. The predicted molar refractivity (Wildman–Crippen MR) is 69.9 cm³/mol. The molecule has 1 atom stereocenters. The number of hydrogen-bond donors (Lipinski definition) is 2. The number of halogens is 1. The Morgan fingerprint density at radius 2 is 2.11 bits per heavy atom. The first kappa shape index (κ1) is 14.9. The van der Waals surface area contributed by atoms with Crippen molar-refractivity contribution >= 4 is 17.6 Å². The van der Waals surface area contributed by atoms with Crippen LogP contribution < -0.4 is 10.2 Å². The van der Waals surface area contributed by atoms with Crippen molar-refractivity contribution in [3.05, 3.63) is 29.6 Å². The molecular weight excluding hydrogens is 251 g/mol. The van der Waals surface area contributed by atoms with E-state index in [2.05, 4.69) is 5.32 Å². The molecule has 1 rings (SSSR count). The lowest BCUT2D eigenvalue weighted by Crippen LogP contribution is -2.35. The third-order valence-electron chi connectivity index (χ3n) is 2.86. The third kappa shape index (κ3) is 3.43. The van der Waals surface area contributed by atoms with Crippen LogP contribution in [0.15, 0.2) is 18.2 Å². The largest absolute Gasteiger partial charge is 0.478 e. The lowest BCUT2D eigenvalue weighted by Gasteiger charge is -2.24. The Hall–Kier alpha value is -2.11. The molecule has 0 radical (unpaired) electrons. The lowest BCUT2D eigenvalue weighted by atomic mass is 10.1. The Morgan fingerprint density at radius 1 is 1.47 bits per heavy atom. The van der Waals surface area contributed by atoms with Gasteiger partial charge in [0.25, 0.3) is 0 Å². The summed E-state index contributed by atoms with van der Waals surface area (Å²) in [5.41, 5.74) is -0.127. The maximum absolute atomic E-state index is 13.5. The number of carbonyl (C=O) groups excluding carboxylic acids is 1. The van der Waals surface area contributed by atoms with Gasteiger partial charge in [0.2, 0.25) is 5.91 Å². The fourth-order valence-corrected chi connectivity index (χ4v) is 1.88. The van der Waals surface area contributed by atoms with Crippen LogP contribution in [0.25, 0.3) is 0 Å². The maximum Gasteiger partial charge on any atom is 0.340 e. The van der Waals surface area contributed by atoms with Crippen molar-refractivity contribution in [1.29, 1.82) is 0 Å². The van der Waals surface area contributed by atoms with Gasteiger partial charge in [0.1, 0.15) is 11.4 Å². The van der Waals surface area contributed by atoms with E-state index in [-0.39, 0.29) is 23.1 Å². The van der Waals surface area contributed by atoms with Gasteiger partial charge in [0, 0.05) is 20.6 Å². The lowest BCUT2D eigenvalue weighted by molar-refractivity contribution is -0.123. The van der Waals surface area contributed by atoms with Crippen LogP contribution in [0.3, 0.4) is 0 Å². The van der Waals surface area contributed by atoms with Gasteiger partial charge in [-0.1, -0.05) is 13.0 Å². The molecule has 1 amide bonds. The van der Waals surface area contributed by atoms with E-state index < -0.39 is 11.8 Å². The Kier molecular flexibility index (Phi) is 4.86. The van der Waals surface area contributed by atoms with E-state index in [9.17, 15) is 14.0 Å². The van der Waals surface area contributed by atoms with E-state index in [1.165, 1.54) is 19.2 Å². The molecule has 0 fully saturated rings. The van der Waals surface area contributed by atoms with Gasteiger partial charge >= 0.3 is 5.97 Å². The van der Waals surface area contributed by atoms with E-state index in [0.717, 1.165) is 6.07 Å². The number of aromatic carboxylic acids is 1. The molecule has 104 valence electrons. The molecule has 1 unspecified atom stereocenters. The van der Waals surface area contributed by atoms with Crippen LogP contribution >= 0.6 is 0 Å². The molecule has 5 nitrogen and oxygen atoms in total. The zero-order chi connectivity index (χ0) is 14.6. The zero-order valence-electron chi connectivity index (χ0n) is 11.1. The third-order valence-corrected chi connectivity index (χ3v) is 2.86. The Labute approximate surface area is 111 Å². The molecule has 1 aromatic rings. The first-order chi connectivity index (χ1) is 8.88. The van der Waals surface area contributed by atoms with Crippen molar-refractivity contribution in [3.63, 3.8) is 0 Å². The minimum Gasteiger partial charge on any atom is -0.478 e.